The van der Waals surface area contributed by atoms with E-state index < -0.39 is 28.9 Å². The molecule has 0 radical (unpaired) electrons. The third kappa shape index (κ3) is 6.31. The highest BCUT2D eigenvalue weighted by Crippen LogP contribution is 2.47. The van der Waals surface area contributed by atoms with Crippen LogP contribution >= 0.6 is 12.6 Å². The standard InChI is InChI=1S/C22H21NO2S.C9H11NO3/c23-21(16-26,20(24)25)22(17-10-4-1-5-11-17,18-12-6-2-7-13-18)19-14-8-3-9-15-19;10-8(9(12)13)5-6-1-3-7(11)4-2-6/h1-15,26H,16,23H2,(H,24,25);1-4,8,11H,5,10H2,(H,12,13). The van der Waals surface area contributed by atoms with Gasteiger partial charge in [-0.3, -0.25) is 9.59 Å². The lowest BCUT2D eigenvalue weighted by molar-refractivity contribution is -0.144. The van der Waals surface area contributed by atoms with Crippen molar-refractivity contribution in [3.63, 3.8) is 0 Å². The highest BCUT2D eigenvalue weighted by Gasteiger charge is 2.56. The summed E-state index contributed by atoms with van der Waals surface area (Å²) in [6.45, 7) is 0. The summed E-state index contributed by atoms with van der Waals surface area (Å²) in [5.74, 6) is -1.98. The molecule has 0 heterocycles. The van der Waals surface area contributed by atoms with Crippen LogP contribution in [-0.2, 0) is 21.4 Å². The van der Waals surface area contributed by atoms with Gasteiger partial charge < -0.3 is 26.8 Å². The van der Waals surface area contributed by atoms with Crippen molar-refractivity contribution in [1.29, 1.82) is 0 Å². The number of carboxylic acids is 2. The number of carbonyl (C=O) groups is 2. The lowest BCUT2D eigenvalue weighted by atomic mass is 9.58. The minimum Gasteiger partial charge on any atom is -0.508 e. The van der Waals surface area contributed by atoms with Gasteiger partial charge in [0.15, 0.2) is 0 Å². The van der Waals surface area contributed by atoms with Crippen molar-refractivity contribution in [3.05, 3.63) is 138 Å². The molecule has 0 saturated carbocycles. The van der Waals surface area contributed by atoms with Crippen molar-refractivity contribution in [2.24, 2.45) is 11.5 Å². The van der Waals surface area contributed by atoms with Gasteiger partial charge in [0.1, 0.15) is 17.3 Å². The number of carboxylic acid groups (broad SMARTS) is 2. The van der Waals surface area contributed by atoms with E-state index in [1.54, 1.807) is 12.1 Å². The fourth-order valence-electron chi connectivity index (χ4n) is 4.66. The summed E-state index contributed by atoms with van der Waals surface area (Å²) in [5.41, 5.74) is 12.5. The SMILES string of the molecule is NC(CS)(C(=O)O)C(c1ccccc1)(c1ccccc1)c1ccccc1.NC(Cc1ccc(O)cc1)C(=O)O. The molecule has 4 aromatic rings. The van der Waals surface area contributed by atoms with Crippen LogP contribution < -0.4 is 11.5 Å². The van der Waals surface area contributed by atoms with Gasteiger partial charge in [-0.1, -0.05) is 103 Å². The fourth-order valence-corrected chi connectivity index (χ4v) is 5.03. The van der Waals surface area contributed by atoms with Gasteiger partial charge in [0.05, 0.1) is 5.41 Å². The van der Waals surface area contributed by atoms with Crippen LogP contribution in [-0.4, -0.2) is 44.6 Å². The molecule has 0 spiro atoms. The van der Waals surface area contributed by atoms with Crippen molar-refractivity contribution in [2.45, 2.75) is 23.4 Å². The van der Waals surface area contributed by atoms with Crippen LogP contribution in [0.4, 0.5) is 0 Å². The second kappa shape index (κ2) is 13.1. The Morgan fingerprint density at radius 2 is 1.10 bits per heavy atom. The summed E-state index contributed by atoms with van der Waals surface area (Å²) in [6, 6.07) is 34.1. The molecular weight excluding hydrogens is 512 g/mol. The zero-order valence-electron chi connectivity index (χ0n) is 21.2. The molecular formula is C31H32N2O5S. The maximum Gasteiger partial charge on any atom is 0.326 e. The number of hydrogen-bond donors (Lipinski definition) is 6. The Hall–Kier alpha value is -4.11. The normalized spacial score (nSPS) is 13.3. The van der Waals surface area contributed by atoms with E-state index in [0.717, 1.165) is 22.3 Å². The van der Waals surface area contributed by atoms with Gasteiger partial charge in [-0.15, -0.1) is 0 Å². The molecule has 39 heavy (non-hydrogen) atoms. The topological polar surface area (TPSA) is 147 Å². The maximum atomic E-state index is 12.4. The fraction of sp³-hybridized carbons (Fsp3) is 0.161. The summed E-state index contributed by atoms with van der Waals surface area (Å²) < 4.78 is 0. The molecule has 0 aliphatic carbocycles. The Morgan fingerprint density at radius 1 is 0.718 bits per heavy atom. The van der Waals surface area contributed by atoms with Crippen LogP contribution in [0.2, 0.25) is 0 Å². The molecule has 0 aliphatic rings. The zero-order chi connectivity index (χ0) is 28.5. The van der Waals surface area contributed by atoms with Gasteiger partial charge in [-0.25, -0.2) is 0 Å². The van der Waals surface area contributed by atoms with E-state index in [2.05, 4.69) is 12.6 Å². The van der Waals surface area contributed by atoms with Crippen molar-refractivity contribution >= 4 is 24.6 Å². The molecule has 0 bridgehead atoms. The molecule has 202 valence electrons. The highest BCUT2D eigenvalue weighted by atomic mass is 32.1. The molecule has 4 rings (SSSR count). The van der Waals surface area contributed by atoms with E-state index in [9.17, 15) is 14.7 Å². The van der Waals surface area contributed by atoms with Gasteiger partial charge in [-0.2, -0.15) is 12.6 Å². The predicted octanol–water partition coefficient (Wildman–Crippen LogP) is 4.08. The van der Waals surface area contributed by atoms with E-state index in [1.807, 2.05) is 91.0 Å². The minimum atomic E-state index is -1.65. The Bertz CT molecular complexity index is 1260. The summed E-state index contributed by atoms with van der Waals surface area (Å²) in [4.78, 5) is 22.8. The molecule has 0 fully saturated rings. The van der Waals surface area contributed by atoms with Crippen LogP contribution in [0, 0.1) is 0 Å². The third-order valence-corrected chi connectivity index (χ3v) is 7.13. The van der Waals surface area contributed by atoms with E-state index in [-0.39, 0.29) is 17.9 Å². The van der Waals surface area contributed by atoms with Gasteiger partial charge in [-0.05, 0) is 40.8 Å². The number of aliphatic carboxylic acids is 2. The average molecular weight is 545 g/mol. The van der Waals surface area contributed by atoms with Gasteiger partial charge in [0.2, 0.25) is 0 Å². The largest absolute Gasteiger partial charge is 0.508 e. The number of hydrogen-bond acceptors (Lipinski definition) is 6. The molecule has 0 saturated heterocycles. The summed E-state index contributed by atoms with van der Waals surface area (Å²) >= 11 is 4.38. The molecule has 7 nitrogen and oxygen atoms in total. The Kier molecular flexibility index (Phi) is 9.89. The Morgan fingerprint density at radius 3 is 1.41 bits per heavy atom. The molecule has 7 N–H and O–H groups in total. The number of aromatic hydroxyl groups is 1. The lowest BCUT2D eigenvalue weighted by Gasteiger charge is -2.46. The first-order valence-corrected chi connectivity index (χ1v) is 12.9. The number of rotatable bonds is 9. The Labute approximate surface area is 233 Å². The first-order chi connectivity index (χ1) is 18.7. The molecule has 8 heteroatoms. The number of nitrogens with two attached hydrogens (primary N) is 2. The minimum absolute atomic E-state index is 0.0268. The quantitative estimate of drug-likeness (QED) is 0.137. The molecule has 2 atom stereocenters. The smallest absolute Gasteiger partial charge is 0.326 e. The van der Waals surface area contributed by atoms with Crippen LogP contribution in [0.3, 0.4) is 0 Å². The Balaban J connectivity index is 0.000000272. The van der Waals surface area contributed by atoms with Crippen molar-refractivity contribution in [3.8, 4) is 5.75 Å². The molecule has 0 amide bonds. The van der Waals surface area contributed by atoms with Crippen LogP contribution in [0.1, 0.15) is 22.3 Å². The number of phenolic OH excluding ortho intramolecular Hbond substituents is 1. The third-order valence-electron chi connectivity index (χ3n) is 6.63. The number of phenols is 1. The van der Waals surface area contributed by atoms with Crippen molar-refractivity contribution in [2.75, 3.05) is 5.75 Å². The van der Waals surface area contributed by atoms with Crippen LogP contribution in [0.25, 0.3) is 0 Å². The van der Waals surface area contributed by atoms with Crippen molar-refractivity contribution < 1.29 is 24.9 Å². The first-order valence-electron chi connectivity index (χ1n) is 12.2. The molecule has 4 aromatic carbocycles. The summed E-state index contributed by atoms with van der Waals surface area (Å²) in [7, 11) is 0. The number of benzene rings is 4. The van der Waals surface area contributed by atoms with Gasteiger partial charge >= 0.3 is 11.9 Å². The average Bonchev–Trinajstić information content (AvgIpc) is 2.96. The second-order valence-corrected chi connectivity index (χ2v) is 9.41. The molecule has 0 aromatic heterocycles. The maximum absolute atomic E-state index is 12.4. The summed E-state index contributed by atoms with van der Waals surface area (Å²) in [6.07, 6.45) is 0.273. The molecule has 0 aliphatic heterocycles. The van der Waals surface area contributed by atoms with E-state index in [0.29, 0.717) is 0 Å². The number of thiol groups is 1. The second-order valence-electron chi connectivity index (χ2n) is 9.10. The monoisotopic (exact) mass is 544 g/mol. The summed E-state index contributed by atoms with van der Waals surface area (Å²) in [5, 5.41) is 27.7. The first kappa shape index (κ1) is 29.4. The van der Waals surface area contributed by atoms with E-state index in [4.69, 9.17) is 21.7 Å². The van der Waals surface area contributed by atoms with E-state index >= 15 is 0 Å². The van der Waals surface area contributed by atoms with Crippen LogP contribution in [0.15, 0.2) is 115 Å². The lowest BCUT2D eigenvalue weighted by Crippen LogP contribution is -2.66. The highest BCUT2D eigenvalue weighted by molar-refractivity contribution is 7.80. The predicted molar refractivity (Wildman–Crippen MR) is 155 cm³/mol. The van der Waals surface area contributed by atoms with E-state index in [1.165, 1.54) is 12.1 Å². The zero-order valence-corrected chi connectivity index (χ0v) is 22.1. The van der Waals surface area contributed by atoms with Gasteiger partial charge in [0, 0.05) is 5.75 Å². The van der Waals surface area contributed by atoms with Crippen LogP contribution in [0.5, 0.6) is 5.75 Å². The van der Waals surface area contributed by atoms with Crippen molar-refractivity contribution in [1.82, 2.24) is 0 Å². The molecule has 2 unspecified atom stereocenters. The van der Waals surface area contributed by atoms with Gasteiger partial charge in [0.25, 0.3) is 0 Å².